The fourth-order valence-corrected chi connectivity index (χ4v) is 2.06. The van der Waals surface area contributed by atoms with Crippen molar-refractivity contribution in [1.82, 2.24) is 0 Å². The summed E-state index contributed by atoms with van der Waals surface area (Å²) in [5, 5.41) is 9.09. The van der Waals surface area contributed by atoms with Crippen LogP contribution in [0.5, 0.6) is 0 Å². The Labute approximate surface area is 85.9 Å². The van der Waals surface area contributed by atoms with E-state index >= 15 is 0 Å². The number of hydrogen-bond donors (Lipinski definition) is 3. The zero-order valence-electron chi connectivity index (χ0n) is 7.42. The lowest BCUT2D eigenvalue weighted by molar-refractivity contribution is 0.210. The Morgan fingerprint density at radius 1 is 1.54 bits per heavy atom. The van der Waals surface area contributed by atoms with Gasteiger partial charge in [0.15, 0.2) is 0 Å². The van der Waals surface area contributed by atoms with Crippen LogP contribution < -0.4 is 11.5 Å². The van der Waals surface area contributed by atoms with Crippen molar-refractivity contribution >= 4 is 21.6 Å². The maximum absolute atomic E-state index is 9.09. The van der Waals surface area contributed by atoms with Crippen LogP contribution in [0.1, 0.15) is 12.5 Å². The van der Waals surface area contributed by atoms with Gasteiger partial charge in [0.05, 0.1) is 12.1 Å². The highest BCUT2D eigenvalue weighted by molar-refractivity contribution is 9.10. The second-order valence-corrected chi connectivity index (χ2v) is 4.13. The lowest BCUT2D eigenvalue weighted by atomic mass is 9.93. The Morgan fingerprint density at radius 2 is 2.15 bits per heavy atom. The quantitative estimate of drug-likeness (QED) is 0.685. The molecule has 3 nitrogen and oxygen atoms in total. The van der Waals surface area contributed by atoms with Crippen molar-refractivity contribution in [3.05, 3.63) is 28.2 Å². The maximum atomic E-state index is 9.09. The largest absolute Gasteiger partial charge is 0.398 e. The molecular weight excluding hydrogens is 232 g/mol. The van der Waals surface area contributed by atoms with Crippen LogP contribution in [0.3, 0.4) is 0 Å². The van der Waals surface area contributed by atoms with Gasteiger partial charge in [0.1, 0.15) is 0 Å². The number of benzene rings is 1. The highest BCUT2D eigenvalue weighted by Crippen LogP contribution is 2.30. The van der Waals surface area contributed by atoms with Gasteiger partial charge in [-0.25, -0.2) is 0 Å². The molecule has 0 aliphatic heterocycles. The Hall–Kier alpha value is -0.580. The predicted octanol–water partition coefficient (Wildman–Crippen LogP) is 1.20. The van der Waals surface area contributed by atoms with Gasteiger partial charge in [-0.2, -0.15) is 0 Å². The molecule has 0 spiro atoms. The van der Waals surface area contributed by atoms with E-state index in [0.29, 0.717) is 5.69 Å². The summed E-state index contributed by atoms with van der Waals surface area (Å²) >= 11 is 3.35. The molecule has 0 fully saturated rings. The maximum Gasteiger partial charge on any atom is 0.0651 e. The van der Waals surface area contributed by atoms with E-state index in [1.807, 2.05) is 12.1 Å². The molecule has 1 rings (SSSR count). The van der Waals surface area contributed by atoms with Crippen LogP contribution >= 0.6 is 15.9 Å². The number of nitrogen functional groups attached to an aromatic ring is 1. The summed E-state index contributed by atoms with van der Waals surface area (Å²) in [6.07, 6.45) is 0. The Balaban J connectivity index is 3.28. The molecule has 0 heterocycles. The van der Waals surface area contributed by atoms with Gasteiger partial charge >= 0.3 is 0 Å². The first kappa shape index (κ1) is 10.5. The molecule has 0 radical (unpaired) electrons. The number of halogens is 1. The molecule has 0 aliphatic rings. The summed E-state index contributed by atoms with van der Waals surface area (Å²) < 4.78 is 0.826. The molecule has 0 unspecified atom stereocenters. The Morgan fingerprint density at radius 3 is 2.62 bits per heavy atom. The van der Waals surface area contributed by atoms with Crippen molar-refractivity contribution < 1.29 is 5.11 Å². The highest BCUT2D eigenvalue weighted by Gasteiger charge is 2.24. The van der Waals surface area contributed by atoms with Crippen LogP contribution in [0.2, 0.25) is 0 Å². The van der Waals surface area contributed by atoms with Crippen molar-refractivity contribution in [2.75, 3.05) is 12.3 Å². The predicted molar refractivity (Wildman–Crippen MR) is 57.2 cm³/mol. The number of hydrogen-bond acceptors (Lipinski definition) is 3. The molecular formula is C9H13BrN2O. The zero-order chi connectivity index (χ0) is 10.1. The Kier molecular flexibility index (Phi) is 2.95. The third-order valence-corrected chi connectivity index (χ3v) is 2.61. The summed E-state index contributed by atoms with van der Waals surface area (Å²) in [4.78, 5) is 0. The van der Waals surface area contributed by atoms with Crippen molar-refractivity contribution in [2.45, 2.75) is 12.5 Å². The van der Waals surface area contributed by atoms with Crippen molar-refractivity contribution in [1.29, 1.82) is 0 Å². The third-order valence-electron chi connectivity index (χ3n) is 1.95. The van der Waals surface area contributed by atoms with Crippen LogP contribution in [0, 0.1) is 0 Å². The van der Waals surface area contributed by atoms with Crippen LogP contribution in [-0.2, 0) is 5.54 Å². The number of nitrogens with two attached hydrogens (primary N) is 2. The minimum atomic E-state index is -0.801. The number of anilines is 1. The molecule has 1 aromatic rings. The van der Waals surface area contributed by atoms with Crippen LogP contribution in [0.4, 0.5) is 5.69 Å². The van der Waals surface area contributed by atoms with E-state index in [0.717, 1.165) is 10.0 Å². The molecule has 1 atom stereocenters. The first-order valence-corrected chi connectivity index (χ1v) is 4.72. The standard InChI is InChI=1S/C9H13BrN2O/c1-9(12,5-13)8-6(10)3-2-4-7(8)11/h2-4,13H,5,11-12H2,1H3/t9-/m0/s1. The molecule has 0 saturated heterocycles. The van der Waals surface area contributed by atoms with E-state index in [1.54, 1.807) is 13.0 Å². The third kappa shape index (κ3) is 2.02. The van der Waals surface area contributed by atoms with Crippen molar-refractivity contribution in [2.24, 2.45) is 5.73 Å². The van der Waals surface area contributed by atoms with Gasteiger partial charge < -0.3 is 16.6 Å². The zero-order valence-corrected chi connectivity index (χ0v) is 9.01. The normalized spacial score (nSPS) is 15.4. The van der Waals surface area contributed by atoms with E-state index < -0.39 is 5.54 Å². The fraction of sp³-hybridized carbons (Fsp3) is 0.333. The van der Waals surface area contributed by atoms with Crippen LogP contribution in [0.15, 0.2) is 22.7 Å². The second kappa shape index (κ2) is 3.65. The minimum absolute atomic E-state index is 0.139. The van der Waals surface area contributed by atoms with Crippen molar-refractivity contribution in [3.63, 3.8) is 0 Å². The van der Waals surface area contributed by atoms with E-state index in [1.165, 1.54) is 0 Å². The van der Waals surface area contributed by atoms with Crippen LogP contribution in [0.25, 0.3) is 0 Å². The van der Waals surface area contributed by atoms with E-state index in [4.69, 9.17) is 16.6 Å². The molecule has 0 bridgehead atoms. The van der Waals surface area contributed by atoms with Gasteiger partial charge in [-0.3, -0.25) is 0 Å². The van der Waals surface area contributed by atoms with E-state index in [-0.39, 0.29) is 6.61 Å². The molecule has 1 aromatic carbocycles. The molecule has 0 aromatic heterocycles. The topological polar surface area (TPSA) is 72.3 Å². The van der Waals surface area contributed by atoms with Crippen molar-refractivity contribution in [3.8, 4) is 0 Å². The molecule has 0 saturated carbocycles. The summed E-state index contributed by atoms with van der Waals surface area (Å²) in [7, 11) is 0. The van der Waals surface area contributed by atoms with Gasteiger partial charge in [0.2, 0.25) is 0 Å². The smallest absolute Gasteiger partial charge is 0.0651 e. The fourth-order valence-electron chi connectivity index (χ4n) is 1.22. The SMILES string of the molecule is C[C@](N)(CO)c1c(N)cccc1Br. The van der Waals surface area contributed by atoms with Gasteiger partial charge in [-0.15, -0.1) is 0 Å². The van der Waals surface area contributed by atoms with Crippen LogP contribution in [-0.4, -0.2) is 11.7 Å². The minimum Gasteiger partial charge on any atom is -0.398 e. The first-order chi connectivity index (χ1) is 5.99. The molecule has 4 heteroatoms. The summed E-state index contributed by atoms with van der Waals surface area (Å²) in [5.41, 5.74) is 12.2. The molecule has 0 aliphatic carbocycles. The van der Waals surface area contributed by atoms with Gasteiger partial charge in [0, 0.05) is 15.7 Å². The lowest BCUT2D eigenvalue weighted by Gasteiger charge is -2.25. The number of aliphatic hydroxyl groups is 1. The van der Waals surface area contributed by atoms with E-state index in [2.05, 4.69) is 15.9 Å². The molecule has 0 amide bonds. The van der Waals surface area contributed by atoms with Gasteiger partial charge in [-0.05, 0) is 19.1 Å². The number of aliphatic hydroxyl groups excluding tert-OH is 1. The van der Waals surface area contributed by atoms with E-state index in [9.17, 15) is 0 Å². The first-order valence-electron chi connectivity index (χ1n) is 3.93. The Bertz CT molecular complexity index is 292. The summed E-state index contributed by atoms with van der Waals surface area (Å²) in [6.45, 7) is 1.60. The lowest BCUT2D eigenvalue weighted by Crippen LogP contribution is -2.38. The van der Waals surface area contributed by atoms with Gasteiger partial charge in [-0.1, -0.05) is 22.0 Å². The average Bonchev–Trinajstić information content (AvgIpc) is 2.03. The second-order valence-electron chi connectivity index (χ2n) is 3.28. The molecule has 72 valence electrons. The average molecular weight is 245 g/mol. The summed E-state index contributed by atoms with van der Waals surface area (Å²) in [6, 6.07) is 5.45. The molecule has 13 heavy (non-hydrogen) atoms. The number of rotatable bonds is 2. The monoisotopic (exact) mass is 244 g/mol. The molecule has 5 N–H and O–H groups in total. The van der Waals surface area contributed by atoms with Gasteiger partial charge in [0.25, 0.3) is 0 Å². The summed E-state index contributed by atoms with van der Waals surface area (Å²) in [5.74, 6) is 0. The highest BCUT2D eigenvalue weighted by atomic mass is 79.9.